The Morgan fingerprint density at radius 3 is 1.71 bits per heavy atom. The summed E-state index contributed by atoms with van der Waals surface area (Å²) in [6.07, 6.45) is 0. The van der Waals surface area contributed by atoms with E-state index in [1.165, 1.54) is 0 Å². The maximum Gasteiger partial charge on any atom is 0.269 e. The van der Waals surface area contributed by atoms with Crippen molar-refractivity contribution in [2.24, 2.45) is 8.80 Å². The summed E-state index contributed by atoms with van der Waals surface area (Å²) in [7, 11) is 0. The first kappa shape index (κ1) is 16.6. The molecule has 3 heterocycles. The summed E-state index contributed by atoms with van der Waals surface area (Å²) in [5.41, 5.74) is 0.269. The Bertz CT molecular complexity index is 649. The highest BCUT2D eigenvalue weighted by Crippen LogP contribution is 2.22. The quantitative estimate of drug-likeness (QED) is 0.536. The normalized spacial score (nSPS) is 24.6. The van der Waals surface area contributed by atoms with Crippen LogP contribution in [0.5, 0.6) is 0 Å². The zero-order valence-corrected chi connectivity index (χ0v) is 13.8. The van der Waals surface area contributed by atoms with E-state index in [9.17, 15) is 14.7 Å². The number of morpholine rings is 2. The van der Waals surface area contributed by atoms with E-state index in [0.29, 0.717) is 69.9 Å². The Hall–Kier alpha value is -2.27. The largest absolute Gasteiger partial charge is 0.378 e. The molecule has 3 aliphatic heterocycles. The van der Waals surface area contributed by atoms with Crippen LogP contribution in [0.2, 0.25) is 0 Å². The minimum atomic E-state index is -1.79. The molecule has 0 amide bonds. The maximum atomic E-state index is 12.1. The molecule has 0 radical (unpaired) electrons. The first-order valence-corrected chi connectivity index (χ1v) is 8.61. The predicted octanol–water partition coefficient (Wildman–Crippen LogP) is -0.616. The van der Waals surface area contributed by atoms with Gasteiger partial charge in [0.1, 0.15) is 17.7 Å². The van der Waals surface area contributed by atoms with Crippen LogP contribution in [-0.4, -0.2) is 78.3 Å². The third-order valence-corrected chi connectivity index (χ3v) is 4.53. The average Bonchev–Trinajstić information content (AvgIpc) is 2.64. The molecule has 0 aromatic carbocycles. The van der Waals surface area contributed by atoms with E-state index in [0.717, 1.165) is 0 Å². The molecule has 10 heteroatoms. The first-order valence-electron chi connectivity index (χ1n) is 7.54. The van der Waals surface area contributed by atoms with E-state index in [1.807, 2.05) is 21.9 Å². The first-order chi connectivity index (χ1) is 11.7. The minimum absolute atomic E-state index is 0.0813. The Morgan fingerprint density at radius 2 is 1.33 bits per heavy atom. The Labute approximate surface area is 142 Å². The smallest absolute Gasteiger partial charge is 0.269 e. The fourth-order valence-electron chi connectivity index (χ4n) is 2.70. The van der Waals surface area contributed by atoms with E-state index in [4.69, 9.17) is 9.47 Å². The van der Waals surface area contributed by atoms with Gasteiger partial charge in [0.05, 0.1) is 32.0 Å². The van der Waals surface area contributed by atoms with E-state index in [1.54, 1.807) is 0 Å². The highest BCUT2D eigenvalue weighted by atomic mass is 32.2. The van der Waals surface area contributed by atoms with Crippen molar-refractivity contribution in [3.8, 4) is 12.1 Å². The molecule has 0 spiro atoms. The lowest BCUT2D eigenvalue weighted by Gasteiger charge is -2.36. The molecule has 2 fully saturated rings. The summed E-state index contributed by atoms with van der Waals surface area (Å²) in [5, 5.41) is 18.7. The van der Waals surface area contributed by atoms with Crippen LogP contribution in [0.3, 0.4) is 0 Å². The molecule has 0 bridgehead atoms. The van der Waals surface area contributed by atoms with Gasteiger partial charge in [-0.1, -0.05) is 0 Å². The summed E-state index contributed by atoms with van der Waals surface area (Å²) in [6.45, 7) is 4.27. The SMILES string of the molecule is N#CC(C#N)=C1C(N2CCOCC2)=NS(=O)N=C1N1CCOCC1. The summed E-state index contributed by atoms with van der Waals surface area (Å²) in [6, 6.07) is 3.83. The Kier molecular flexibility index (Phi) is 5.20. The highest BCUT2D eigenvalue weighted by molar-refractivity contribution is 7.82. The average molecular weight is 348 g/mol. The fourth-order valence-corrected chi connectivity index (χ4v) is 3.45. The molecule has 0 unspecified atom stereocenters. The molecule has 0 atom stereocenters. The molecule has 0 aliphatic carbocycles. The second kappa shape index (κ2) is 7.53. The topological polar surface area (TPSA) is 114 Å². The lowest BCUT2D eigenvalue weighted by molar-refractivity contribution is 0.0666. The standard InChI is InChI=1S/C14H16N6O3S/c15-9-11(10-16)12-13(19-1-5-22-6-2-19)17-24(21)18-14(12)20-3-7-23-8-4-20/h1-8H2. The van der Waals surface area contributed by atoms with Gasteiger partial charge in [-0.15, -0.1) is 8.80 Å². The molecule has 0 N–H and O–H groups in total. The second-order valence-corrected chi connectivity index (χ2v) is 6.06. The van der Waals surface area contributed by atoms with Crippen molar-refractivity contribution in [1.82, 2.24) is 9.80 Å². The van der Waals surface area contributed by atoms with E-state index >= 15 is 0 Å². The van der Waals surface area contributed by atoms with Gasteiger partial charge in [0, 0.05) is 26.2 Å². The van der Waals surface area contributed by atoms with Crippen LogP contribution in [0.25, 0.3) is 0 Å². The van der Waals surface area contributed by atoms with Crippen LogP contribution in [0.15, 0.2) is 19.9 Å². The summed E-state index contributed by atoms with van der Waals surface area (Å²) < 4.78 is 31.0. The van der Waals surface area contributed by atoms with Crippen LogP contribution < -0.4 is 0 Å². The molecule has 3 rings (SSSR count). The van der Waals surface area contributed by atoms with Gasteiger partial charge in [-0.3, -0.25) is 0 Å². The van der Waals surface area contributed by atoms with Crippen molar-refractivity contribution < 1.29 is 13.7 Å². The molecule has 3 aliphatic rings. The number of nitriles is 2. The number of amidine groups is 2. The highest BCUT2D eigenvalue weighted by Gasteiger charge is 2.33. The van der Waals surface area contributed by atoms with Gasteiger partial charge in [-0.25, -0.2) is 4.21 Å². The van der Waals surface area contributed by atoms with Crippen molar-refractivity contribution in [2.75, 3.05) is 52.6 Å². The predicted molar refractivity (Wildman–Crippen MR) is 86.0 cm³/mol. The maximum absolute atomic E-state index is 12.1. The molecular formula is C14H16N6O3S. The molecule has 0 aromatic heterocycles. The number of hydrogen-bond donors (Lipinski definition) is 0. The van der Waals surface area contributed by atoms with Crippen LogP contribution >= 0.6 is 0 Å². The van der Waals surface area contributed by atoms with E-state index in [-0.39, 0.29) is 5.57 Å². The zero-order chi connectivity index (χ0) is 16.9. The summed E-state index contributed by atoms with van der Waals surface area (Å²) in [4.78, 5) is 3.78. The number of rotatable bonds is 0. The Balaban J connectivity index is 2.04. The third-order valence-electron chi connectivity index (χ3n) is 3.87. The Morgan fingerprint density at radius 1 is 0.917 bits per heavy atom. The molecule has 2 saturated heterocycles. The summed E-state index contributed by atoms with van der Waals surface area (Å²) in [5.74, 6) is 0.762. The van der Waals surface area contributed by atoms with Crippen molar-refractivity contribution in [3.05, 3.63) is 11.1 Å². The third kappa shape index (κ3) is 3.31. The number of ether oxygens (including phenoxy) is 2. The van der Waals surface area contributed by atoms with Gasteiger partial charge >= 0.3 is 0 Å². The fraction of sp³-hybridized carbons (Fsp3) is 0.571. The van der Waals surface area contributed by atoms with Crippen LogP contribution in [0, 0.1) is 22.7 Å². The van der Waals surface area contributed by atoms with Gasteiger partial charge < -0.3 is 19.3 Å². The zero-order valence-electron chi connectivity index (χ0n) is 13.0. The molecule has 0 aromatic rings. The van der Waals surface area contributed by atoms with Crippen LogP contribution in [0.4, 0.5) is 0 Å². The van der Waals surface area contributed by atoms with Gasteiger partial charge in [0.15, 0.2) is 11.7 Å². The van der Waals surface area contributed by atoms with Gasteiger partial charge in [0.2, 0.25) is 0 Å². The van der Waals surface area contributed by atoms with Crippen LogP contribution in [0.1, 0.15) is 0 Å². The van der Waals surface area contributed by atoms with Gasteiger partial charge in [-0.2, -0.15) is 10.5 Å². The molecule has 0 saturated carbocycles. The van der Waals surface area contributed by atoms with E-state index in [2.05, 4.69) is 8.80 Å². The number of hydrogen-bond acceptors (Lipinski definition) is 7. The lowest BCUT2D eigenvalue weighted by Crippen LogP contribution is -2.49. The molecule has 24 heavy (non-hydrogen) atoms. The minimum Gasteiger partial charge on any atom is -0.378 e. The molecular weight excluding hydrogens is 332 g/mol. The number of allylic oxidation sites excluding steroid dienone is 1. The van der Waals surface area contributed by atoms with Gasteiger partial charge in [0.25, 0.3) is 11.2 Å². The van der Waals surface area contributed by atoms with Crippen molar-refractivity contribution >= 4 is 22.8 Å². The van der Waals surface area contributed by atoms with Gasteiger partial charge in [-0.05, 0) is 0 Å². The number of nitrogens with zero attached hydrogens (tertiary/aromatic N) is 6. The van der Waals surface area contributed by atoms with Crippen molar-refractivity contribution in [1.29, 1.82) is 10.5 Å². The molecule has 9 nitrogen and oxygen atoms in total. The second-order valence-electron chi connectivity index (χ2n) is 5.23. The molecule has 126 valence electrons. The van der Waals surface area contributed by atoms with E-state index < -0.39 is 11.2 Å². The van der Waals surface area contributed by atoms with Crippen LogP contribution in [-0.2, 0) is 20.6 Å². The van der Waals surface area contributed by atoms with Crippen molar-refractivity contribution in [2.45, 2.75) is 0 Å². The van der Waals surface area contributed by atoms with Crippen molar-refractivity contribution in [3.63, 3.8) is 0 Å². The lowest BCUT2D eigenvalue weighted by atomic mass is 10.1. The summed E-state index contributed by atoms with van der Waals surface area (Å²) >= 11 is -1.79. The monoisotopic (exact) mass is 348 g/mol.